The Morgan fingerprint density at radius 3 is 0.934 bits per heavy atom. The Hall–Kier alpha value is -1.40. The SMILES string of the molecule is CCCCCCCCCCCCCCCCCCCC(O)C(CO)NC(=O)CCCCCCCCCCCCCCCC/C=C\CCCCCCCCCCCCCCOC(=O)CCCCCCCCCCCCCC. The van der Waals surface area contributed by atoms with E-state index in [1.165, 1.54) is 327 Å². The van der Waals surface area contributed by atoms with Crippen LogP contribution in [-0.4, -0.2) is 47.4 Å². The van der Waals surface area contributed by atoms with Crippen LogP contribution < -0.4 is 5.32 Å². The van der Waals surface area contributed by atoms with Crippen molar-refractivity contribution in [3.63, 3.8) is 0 Å². The molecule has 0 saturated heterocycles. The monoisotopic (exact) mass is 1070 g/mol. The number of esters is 1. The average molecular weight is 1070 g/mol. The number of carbonyl (C=O) groups excluding carboxylic acids is 2. The summed E-state index contributed by atoms with van der Waals surface area (Å²) in [5.41, 5.74) is 0. The Kier molecular flexibility index (Phi) is 64.9. The maximum Gasteiger partial charge on any atom is 0.305 e. The molecule has 6 nitrogen and oxygen atoms in total. The lowest BCUT2D eigenvalue weighted by molar-refractivity contribution is -0.143. The summed E-state index contributed by atoms with van der Waals surface area (Å²) in [6.07, 6.45) is 81.2. The van der Waals surface area contributed by atoms with Gasteiger partial charge in [-0.3, -0.25) is 9.59 Å². The molecule has 76 heavy (non-hydrogen) atoms. The molecule has 0 fully saturated rings. The van der Waals surface area contributed by atoms with Gasteiger partial charge < -0.3 is 20.3 Å². The highest BCUT2D eigenvalue weighted by molar-refractivity contribution is 5.76. The van der Waals surface area contributed by atoms with E-state index in [4.69, 9.17) is 4.74 Å². The molecular weight excluding hydrogens is 935 g/mol. The highest BCUT2D eigenvalue weighted by Gasteiger charge is 2.20. The first-order valence-corrected chi connectivity index (χ1v) is 34.9. The smallest absolute Gasteiger partial charge is 0.305 e. The molecule has 2 atom stereocenters. The van der Waals surface area contributed by atoms with E-state index >= 15 is 0 Å². The Balaban J connectivity index is 3.36. The van der Waals surface area contributed by atoms with Crippen molar-refractivity contribution in [3.8, 4) is 0 Å². The second-order valence-electron chi connectivity index (χ2n) is 24.2. The normalized spacial score (nSPS) is 12.5. The van der Waals surface area contributed by atoms with Gasteiger partial charge in [-0.15, -0.1) is 0 Å². The molecule has 0 heterocycles. The van der Waals surface area contributed by atoms with Gasteiger partial charge in [-0.05, 0) is 51.4 Å². The summed E-state index contributed by atoms with van der Waals surface area (Å²) in [6, 6.07) is -0.540. The van der Waals surface area contributed by atoms with Crippen LogP contribution in [0.4, 0.5) is 0 Å². The van der Waals surface area contributed by atoms with Crippen LogP contribution in [0.1, 0.15) is 399 Å². The number of ether oxygens (including phenoxy) is 1. The maximum absolute atomic E-state index is 12.5. The van der Waals surface area contributed by atoms with Crippen LogP contribution in [0, 0.1) is 0 Å². The highest BCUT2D eigenvalue weighted by atomic mass is 16.5. The number of rotatable bonds is 66. The summed E-state index contributed by atoms with van der Waals surface area (Å²) in [7, 11) is 0. The Morgan fingerprint density at radius 2 is 0.618 bits per heavy atom. The van der Waals surface area contributed by atoms with Crippen molar-refractivity contribution in [1.82, 2.24) is 5.32 Å². The minimum absolute atomic E-state index is 0.0186. The topological polar surface area (TPSA) is 95.9 Å². The maximum atomic E-state index is 12.5. The minimum Gasteiger partial charge on any atom is -0.466 e. The van der Waals surface area contributed by atoms with Gasteiger partial charge in [0.05, 0.1) is 25.4 Å². The summed E-state index contributed by atoms with van der Waals surface area (Å²) >= 11 is 0. The lowest BCUT2D eigenvalue weighted by atomic mass is 10.0. The number of hydrogen-bond acceptors (Lipinski definition) is 5. The molecule has 452 valence electrons. The lowest BCUT2D eigenvalue weighted by Crippen LogP contribution is -2.45. The molecule has 0 aromatic carbocycles. The fourth-order valence-electron chi connectivity index (χ4n) is 11.2. The molecule has 0 rings (SSSR count). The number of hydrogen-bond donors (Lipinski definition) is 3. The van der Waals surface area contributed by atoms with E-state index in [0.29, 0.717) is 25.9 Å². The standard InChI is InChI=1S/C70H137NO5/c1-3-5-7-9-11-13-15-17-18-33-36-39-42-46-50-54-58-62-68(73)67(66-72)71-69(74)63-59-55-51-47-43-40-37-34-31-29-27-25-23-21-19-20-22-24-26-28-30-32-35-38-41-45-49-53-57-61-65-76-70(75)64-60-56-52-48-44-16-14-12-10-8-6-4-2/h20,22,67-68,72-73H,3-19,21,23-66H2,1-2H3,(H,71,74)/b22-20-. The molecule has 1 amide bonds. The van der Waals surface area contributed by atoms with Crippen molar-refractivity contribution >= 4 is 11.9 Å². The molecule has 0 aliphatic rings. The molecule has 0 aromatic rings. The largest absolute Gasteiger partial charge is 0.466 e. The van der Waals surface area contributed by atoms with Gasteiger partial charge in [0.25, 0.3) is 0 Å². The predicted molar refractivity (Wildman–Crippen MR) is 333 cm³/mol. The van der Waals surface area contributed by atoms with Crippen LogP contribution in [0.25, 0.3) is 0 Å². The molecule has 0 aromatic heterocycles. The van der Waals surface area contributed by atoms with Crippen molar-refractivity contribution in [2.45, 2.75) is 411 Å². The van der Waals surface area contributed by atoms with E-state index in [1.54, 1.807) is 0 Å². The predicted octanol–water partition coefficient (Wildman–Crippen LogP) is 22.4. The Bertz CT molecular complexity index is 1140. The summed E-state index contributed by atoms with van der Waals surface area (Å²) in [5.74, 6) is -0.0109. The number of aliphatic hydroxyl groups excluding tert-OH is 2. The van der Waals surface area contributed by atoms with Crippen LogP contribution >= 0.6 is 0 Å². The van der Waals surface area contributed by atoms with Crippen molar-refractivity contribution in [1.29, 1.82) is 0 Å². The van der Waals surface area contributed by atoms with Gasteiger partial charge in [-0.25, -0.2) is 0 Å². The zero-order valence-electron chi connectivity index (χ0n) is 51.8. The molecule has 0 spiro atoms. The van der Waals surface area contributed by atoms with E-state index in [0.717, 1.165) is 38.5 Å². The summed E-state index contributed by atoms with van der Waals surface area (Å²) in [6.45, 7) is 4.99. The number of nitrogens with one attached hydrogen (secondary N) is 1. The zero-order valence-corrected chi connectivity index (χ0v) is 51.8. The third-order valence-electron chi connectivity index (χ3n) is 16.6. The van der Waals surface area contributed by atoms with E-state index < -0.39 is 12.1 Å². The molecule has 6 heteroatoms. The van der Waals surface area contributed by atoms with Crippen LogP contribution in [0.15, 0.2) is 12.2 Å². The van der Waals surface area contributed by atoms with E-state index in [-0.39, 0.29) is 18.5 Å². The molecular formula is C70H137NO5. The van der Waals surface area contributed by atoms with E-state index in [9.17, 15) is 19.8 Å². The molecule has 0 aliphatic carbocycles. The van der Waals surface area contributed by atoms with Gasteiger partial charge in [-0.1, -0.05) is 347 Å². The van der Waals surface area contributed by atoms with Gasteiger partial charge in [0.1, 0.15) is 0 Å². The molecule has 2 unspecified atom stereocenters. The highest BCUT2D eigenvalue weighted by Crippen LogP contribution is 2.19. The van der Waals surface area contributed by atoms with Crippen LogP contribution in [-0.2, 0) is 14.3 Å². The first-order valence-electron chi connectivity index (χ1n) is 34.9. The molecule has 3 N–H and O–H groups in total. The van der Waals surface area contributed by atoms with Crippen molar-refractivity contribution in [3.05, 3.63) is 12.2 Å². The van der Waals surface area contributed by atoms with Crippen molar-refractivity contribution in [2.24, 2.45) is 0 Å². The van der Waals surface area contributed by atoms with E-state index in [1.807, 2.05) is 0 Å². The van der Waals surface area contributed by atoms with Gasteiger partial charge in [0, 0.05) is 12.8 Å². The van der Waals surface area contributed by atoms with Crippen molar-refractivity contribution < 1.29 is 24.5 Å². The summed E-state index contributed by atoms with van der Waals surface area (Å²) in [4.78, 5) is 24.5. The molecule has 0 bridgehead atoms. The summed E-state index contributed by atoms with van der Waals surface area (Å²) in [5, 5.41) is 23.4. The average Bonchev–Trinajstić information content (AvgIpc) is 3.42. The quantitative estimate of drug-likeness (QED) is 0.0320. The number of amides is 1. The third-order valence-corrected chi connectivity index (χ3v) is 16.6. The molecule has 0 saturated carbocycles. The second kappa shape index (κ2) is 66.1. The lowest BCUT2D eigenvalue weighted by Gasteiger charge is -2.22. The van der Waals surface area contributed by atoms with Gasteiger partial charge in [0.2, 0.25) is 5.91 Å². The van der Waals surface area contributed by atoms with Crippen molar-refractivity contribution in [2.75, 3.05) is 13.2 Å². The fourth-order valence-corrected chi connectivity index (χ4v) is 11.2. The first-order chi connectivity index (χ1) is 37.5. The van der Waals surface area contributed by atoms with Gasteiger partial charge in [-0.2, -0.15) is 0 Å². The molecule has 0 radical (unpaired) electrons. The van der Waals surface area contributed by atoms with E-state index in [2.05, 4.69) is 31.3 Å². The first kappa shape index (κ1) is 74.6. The number of allylic oxidation sites excluding steroid dienone is 2. The number of unbranched alkanes of at least 4 members (excludes halogenated alkanes) is 53. The number of aliphatic hydroxyl groups is 2. The van der Waals surface area contributed by atoms with Gasteiger partial charge in [0.15, 0.2) is 0 Å². The fraction of sp³-hybridized carbons (Fsp3) is 0.943. The van der Waals surface area contributed by atoms with Crippen LogP contribution in [0.2, 0.25) is 0 Å². The Labute approximate surface area is 476 Å². The van der Waals surface area contributed by atoms with Gasteiger partial charge >= 0.3 is 5.97 Å². The van der Waals surface area contributed by atoms with Crippen LogP contribution in [0.5, 0.6) is 0 Å². The molecule has 0 aliphatic heterocycles. The summed E-state index contributed by atoms with van der Waals surface area (Å²) < 4.78 is 5.48. The second-order valence-corrected chi connectivity index (χ2v) is 24.2. The van der Waals surface area contributed by atoms with Crippen LogP contribution in [0.3, 0.4) is 0 Å². The minimum atomic E-state index is -0.663. The zero-order chi connectivity index (χ0) is 55.0. The third kappa shape index (κ3) is 61.8. The number of carbonyl (C=O) groups is 2. The Morgan fingerprint density at radius 1 is 0.355 bits per heavy atom.